The molecule has 2 heterocycles. The van der Waals surface area contributed by atoms with Gasteiger partial charge in [0.2, 0.25) is 0 Å². The lowest BCUT2D eigenvalue weighted by atomic mass is 10.1. The van der Waals surface area contributed by atoms with Crippen molar-refractivity contribution in [2.75, 3.05) is 0 Å². The standard InChI is InChI=1S/C21H14FN3O2S/c22-17-7-3-1-5-14(17)13-25-20(26)19(28-21(25)27)11-15-12-24(10-9-23)18-8-4-2-6-16(15)18/h1-8,11-12H,10,13H2/b19-11-. The number of imide groups is 1. The number of rotatable bonds is 4. The first-order valence-electron chi connectivity index (χ1n) is 8.52. The highest BCUT2D eigenvalue weighted by Gasteiger charge is 2.35. The SMILES string of the molecule is N#CCn1cc(/C=C2\SC(=O)N(Cc3ccccc3F)C2=O)c2ccccc21. The zero-order valence-electron chi connectivity index (χ0n) is 14.6. The molecule has 28 heavy (non-hydrogen) atoms. The number of thioether (sulfide) groups is 1. The van der Waals surface area contributed by atoms with Gasteiger partial charge in [-0.2, -0.15) is 5.26 Å². The summed E-state index contributed by atoms with van der Waals surface area (Å²) in [6.45, 7) is 0.0774. The summed E-state index contributed by atoms with van der Waals surface area (Å²) in [4.78, 5) is 26.4. The van der Waals surface area contributed by atoms with E-state index in [0.29, 0.717) is 0 Å². The van der Waals surface area contributed by atoms with E-state index in [1.807, 2.05) is 24.3 Å². The Morgan fingerprint density at radius 1 is 1.11 bits per heavy atom. The molecule has 0 N–H and O–H groups in total. The predicted octanol–water partition coefficient (Wildman–Crippen LogP) is 4.54. The Morgan fingerprint density at radius 2 is 1.86 bits per heavy atom. The molecule has 0 spiro atoms. The third-order valence-electron chi connectivity index (χ3n) is 4.51. The van der Waals surface area contributed by atoms with Crippen molar-refractivity contribution in [1.82, 2.24) is 9.47 Å². The second-order valence-electron chi connectivity index (χ2n) is 6.25. The van der Waals surface area contributed by atoms with Crippen LogP contribution < -0.4 is 0 Å². The molecule has 4 rings (SSSR count). The monoisotopic (exact) mass is 391 g/mol. The van der Waals surface area contributed by atoms with E-state index in [2.05, 4.69) is 6.07 Å². The molecular weight excluding hydrogens is 377 g/mol. The first kappa shape index (κ1) is 18.0. The molecule has 1 aliphatic heterocycles. The molecule has 0 unspecified atom stereocenters. The zero-order chi connectivity index (χ0) is 19.7. The molecule has 3 aromatic rings. The van der Waals surface area contributed by atoms with E-state index in [-0.39, 0.29) is 23.6 Å². The summed E-state index contributed by atoms with van der Waals surface area (Å²) in [7, 11) is 0. The van der Waals surface area contributed by atoms with E-state index < -0.39 is 17.0 Å². The third-order valence-corrected chi connectivity index (χ3v) is 5.41. The molecular formula is C21H14FN3O2S. The van der Waals surface area contributed by atoms with Gasteiger partial charge in [-0.05, 0) is 30.0 Å². The molecule has 2 amide bonds. The van der Waals surface area contributed by atoms with E-state index in [0.717, 1.165) is 33.1 Å². The van der Waals surface area contributed by atoms with Gasteiger partial charge in [0, 0.05) is 28.2 Å². The van der Waals surface area contributed by atoms with E-state index in [1.54, 1.807) is 35.0 Å². The van der Waals surface area contributed by atoms with Crippen LogP contribution in [0.1, 0.15) is 11.1 Å². The summed E-state index contributed by atoms with van der Waals surface area (Å²) in [6, 6.07) is 15.7. The van der Waals surface area contributed by atoms with Gasteiger partial charge in [0.05, 0.1) is 17.5 Å². The van der Waals surface area contributed by atoms with Crippen molar-refractivity contribution in [2.45, 2.75) is 13.1 Å². The Kier molecular flexibility index (Phi) is 4.72. The van der Waals surface area contributed by atoms with Gasteiger partial charge >= 0.3 is 0 Å². The molecule has 2 aromatic carbocycles. The minimum atomic E-state index is -0.454. The van der Waals surface area contributed by atoms with Crippen molar-refractivity contribution in [3.63, 3.8) is 0 Å². The number of para-hydroxylation sites is 1. The summed E-state index contributed by atoms with van der Waals surface area (Å²) in [6.07, 6.45) is 3.45. The third kappa shape index (κ3) is 3.19. The van der Waals surface area contributed by atoms with E-state index in [1.165, 1.54) is 6.07 Å². The summed E-state index contributed by atoms with van der Waals surface area (Å²) in [5, 5.41) is 9.48. The average molecular weight is 391 g/mol. The summed E-state index contributed by atoms with van der Waals surface area (Å²) < 4.78 is 15.7. The number of aromatic nitrogens is 1. The number of hydrogen-bond donors (Lipinski definition) is 0. The van der Waals surface area contributed by atoms with Crippen LogP contribution in [0.2, 0.25) is 0 Å². The maximum absolute atomic E-state index is 13.9. The Hall–Kier alpha value is -3.37. The number of benzene rings is 2. The van der Waals surface area contributed by atoms with Gasteiger partial charge in [0.15, 0.2) is 0 Å². The maximum Gasteiger partial charge on any atom is 0.293 e. The minimum absolute atomic E-state index is 0.106. The van der Waals surface area contributed by atoms with Gasteiger partial charge in [-0.1, -0.05) is 36.4 Å². The first-order valence-corrected chi connectivity index (χ1v) is 9.33. The molecule has 0 atom stereocenters. The van der Waals surface area contributed by atoms with Crippen LogP contribution in [0.3, 0.4) is 0 Å². The molecule has 5 nitrogen and oxygen atoms in total. The number of carbonyl (C=O) groups is 2. The molecule has 1 saturated heterocycles. The lowest BCUT2D eigenvalue weighted by Gasteiger charge is -2.12. The quantitative estimate of drug-likeness (QED) is 0.613. The molecule has 1 fully saturated rings. The molecule has 0 bridgehead atoms. The van der Waals surface area contributed by atoms with Crippen molar-refractivity contribution < 1.29 is 14.0 Å². The second kappa shape index (κ2) is 7.33. The Morgan fingerprint density at radius 3 is 2.64 bits per heavy atom. The molecule has 0 saturated carbocycles. The fraction of sp³-hybridized carbons (Fsp3) is 0.0952. The van der Waals surface area contributed by atoms with Crippen molar-refractivity contribution in [3.8, 4) is 6.07 Å². The largest absolute Gasteiger partial charge is 0.333 e. The number of nitrogens with zero attached hydrogens (tertiary/aromatic N) is 3. The van der Waals surface area contributed by atoms with Crippen LogP contribution in [0.15, 0.2) is 59.6 Å². The maximum atomic E-state index is 13.9. The number of amides is 2. The van der Waals surface area contributed by atoms with Crippen LogP contribution in [0.4, 0.5) is 9.18 Å². The zero-order valence-corrected chi connectivity index (χ0v) is 15.4. The first-order chi connectivity index (χ1) is 13.6. The number of carbonyl (C=O) groups excluding carboxylic acids is 2. The van der Waals surface area contributed by atoms with Gasteiger partial charge in [-0.3, -0.25) is 14.5 Å². The Bertz CT molecular complexity index is 1180. The summed E-state index contributed by atoms with van der Waals surface area (Å²) in [5.41, 5.74) is 1.92. The fourth-order valence-electron chi connectivity index (χ4n) is 3.17. The number of hydrogen-bond acceptors (Lipinski definition) is 4. The summed E-state index contributed by atoms with van der Waals surface area (Å²) in [5.74, 6) is -0.902. The molecule has 0 radical (unpaired) electrons. The van der Waals surface area contributed by atoms with E-state index in [9.17, 15) is 14.0 Å². The minimum Gasteiger partial charge on any atom is -0.333 e. The van der Waals surface area contributed by atoms with Crippen molar-refractivity contribution >= 4 is 39.9 Å². The van der Waals surface area contributed by atoms with Crippen LogP contribution >= 0.6 is 11.8 Å². The van der Waals surface area contributed by atoms with Gasteiger partial charge in [-0.15, -0.1) is 0 Å². The highest BCUT2D eigenvalue weighted by atomic mass is 32.2. The number of nitriles is 1. The van der Waals surface area contributed by atoms with Crippen LogP contribution in [-0.2, 0) is 17.9 Å². The molecule has 1 aromatic heterocycles. The van der Waals surface area contributed by atoms with E-state index in [4.69, 9.17) is 5.26 Å². The highest BCUT2D eigenvalue weighted by molar-refractivity contribution is 8.18. The van der Waals surface area contributed by atoms with Crippen LogP contribution in [-0.4, -0.2) is 20.6 Å². The van der Waals surface area contributed by atoms with Gasteiger partial charge < -0.3 is 4.57 Å². The number of halogens is 1. The topological polar surface area (TPSA) is 66.1 Å². The Labute approximate surface area is 164 Å². The van der Waals surface area contributed by atoms with Gasteiger partial charge in [-0.25, -0.2) is 4.39 Å². The predicted molar refractivity (Wildman–Crippen MR) is 105 cm³/mol. The van der Waals surface area contributed by atoms with Crippen molar-refractivity contribution in [3.05, 3.63) is 76.6 Å². The molecule has 138 valence electrons. The van der Waals surface area contributed by atoms with Crippen LogP contribution in [0.25, 0.3) is 17.0 Å². The highest BCUT2D eigenvalue weighted by Crippen LogP contribution is 2.35. The van der Waals surface area contributed by atoms with E-state index >= 15 is 0 Å². The second-order valence-corrected chi connectivity index (χ2v) is 7.24. The lowest BCUT2D eigenvalue weighted by molar-refractivity contribution is -0.123. The molecule has 7 heteroatoms. The summed E-state index contributed by atoms with van der Waals surface area (Å²) >= 11 is 0.835. The van der Waals surface area contributed by atoms with Crippen LogP contribution in [0, 0.1) is 17.1 Å². The number of fused-ring (bicyclic) bond motifs is 1. The van der Waals surface area contributed by atoms with Crippen molar-refractivity contribution in [2.24, 2.45) is 0 Å². The van der Waals surface area contributed by atoms with Crippen molar-refractivity contribution in [1.29, 1.82) is 5.26 Å². The average Bonchev–Trinajstić information content (AvgIpc) is 3.16. The smallest absolute Gasteiger partial charge is 0.293 e. The molecule has 1 aliphatic rings. The fourth-order valence-corrected chi connectivity index (χ4v) is 4.00. The Balaban J connectivity index is 1.67. The normalized spacial score (nSPS) is 15.6. The van der Waals surface area contributed by atoms with Gasteiger partial charge in [0.25, 0.3) is 11.1 Å². The van der Waals surface area contributed by atoms with Gasteiger partial charge in [0.1, 0.15) is 12.4 Å². The van der Waals surface area contributed by atoms with Crippen LogP contribution in [0.5, 0.6) is 0 Å². The lowest BCUT2D eigenvalue weighted by Crippen LogP contribution is -2.27. The molecule has 0 aliphatic carbocycles.